The standard InChI is InChI=1S/C30H20O11/c31-12-7-17(35)25-18(36)10-23(41-22(25)8-12)26-15(33)5-6-16(34)28(26)29-20(38)11-24-27(30(29)39)19(37)9-21(40-24)13-3-1-2-4-14(13)32/h1-8,10-11,21,31-35,38-39H,9H2. The molecule has 206 valence electrons. The van der Waals surface area contributed by atoms with Crippen LogP contribution < -0.4 is 10.2 Å². The van der Waals surface area contributed by atoms with Gasteiger partial charge in [0.25, 0.3) is 0 Å². The summed E-state index contributed by atoms with van der Waals surface area (Å²) in [7, 11) is 0. The zero-order valence-electron chi connectivity index (χ0n) is 20.8. The Morgan fingerprint density at radius 1 is 0.659 bits per heavy atom. The van der Waals surface area contributed by atoms with Crippen molar-refractivity contribution in [2.24, 2.45) is 0 Å². The number of phenolic OH excluding ortho intramolecular Hbond substituents is 7. The summed E-state index contributed by atoms with van der Waals surface area (Å²) < 4.78 is 11.6. The molecule has 0 spiro atoms. The monoisotopic (exact) mass is 556 g/mol. The van der Waals surface area contributed by atoms with Crippen LogP contribution in [-0.4, -0.2) is 41.5 Å². The summed E-state index contributed by atoms with van der Waals surface area (Å²) in [6.45, 7) is 0. The predicted molar refractivity (Wildman–Crippen MR) is 144 cm³/mol. The largest absolute Gasteiger partial charge is 0.508 e. The number of para-hydroxylation sites is 1. The number of hydrogen-bond acceptors (Lipinski definition) is 11. The number of aromatic hydroxyl groups is 7. The fourth-order valence-electron chi connectivity index (χ4n) is 5.10. The molecule has 0 bridgehead atoms. The van der Waals surface area contributed by atoms with E-state index in [1.165, 1.54) is 6.07 Å². The Bertz CT molecular complexity index is 1970. The number of rotatable bonds is 3. The van der Waals surface area contributed by atoms with E-state index in [0.29, 0.717) is 5.56 Å². The molecule has 0 aliphatic carbocycles. The van der Waals surface area contributed by atoms with Crippen molar-refractivity contribution >= 4 is 16.8 Å². The Morgan fingerprint density at radius 3 is 2.10 bits per heavy atom. The van der Waals surface area contributed by atoms with Gasteiger partial charge >= 0.3 is 0 Å². The van der Waals surface area contributed by atoms with Gasteiger partial charge in [0.1, 0.15) is 74.4 Å². The number of carbonyl (C=O) groups excluding carboxylic acids is 1. The van der Waals surface area contributed by atoms with E-state index in [4.69, 9.17) is 9.15 Å². The third-order valence-corrected chi connectivity index (χ3v) is 6.90. The molecule has 5 aromatic rings. The van der Waals surface area contributed by atoms with Gasteiger partial charge < -0.3 is 44.9 Å². The van der Waals surface area contributed by atoms with Gasteiger partial charge in [-0.3, -0.25) is 9.59 Å². The van der Waals surface area contributed by atoms with Crippen molar-refractivity contribution in [3.8, 4) is 68.4 Å². The number of benzene rings is 4. The van der Waals surface area contributed by atoms with Crippen LogP contribution in [0.15, 0.2) is 69.9 Å². The molecule has 11 heteroatoms. The Hall–Kier alpha value is -5.84. The first-order valence-electron chi connectivity index (χ1n) is 12.2. The van der Waals surface area contributed by atoms with E-state index >= 15 is 0 Å². The van der Waals surface area contributed by atoms with Crippen LogP contribution in [0.25, 0.3) is 33.4 Å². The van der Waals surface area contributed by atoms with Crippen LogP contribution in [0.4, 0.5) is 0 Å². The van der Waals surface area contributed by atoms with E-state index < -0.39 is 57.4 Å². The second-order valence-electron chi connectivity index (χ2n) is 9.45. The lowest BCUT2D eigenvalue weighted by Crippen LogP contribution is -2.20. The summed E-state index contributed by atoms with van der Waals surface area (Å²) in [4.78, 5) is 26.1. The number of hydrogen-bond donors (Lipinski definition) is 7. The molecule has 0 saturated carbocycles. The minimum absolute atomic E-state index is 0.105. The van der Waals surface area contributed by atoms with E-state index in [-0.39, 0.29) is 51.3 Å². The van der Waals surface area contributed by atoms with Crippen molar-refractivity contribution in [2.45, 2.75) is 12.5 Å². The normalized spacial score (nSPS) is 14.5. The highest BCUT2D eigenvalue weighted by atomic mass is 16.5. The Balaban J connectivity index is 1.57. The summed E-state index contributed by atoms with van der Waals surface area (Å²) in [5.74, 6) is -4.74. The van der Waals surface area contributed by atoms with E-state index in [1.54, 1.807) is 18.2 Å². The molecule has 4 aromatic carbocycles. The molecule has 7 N–H and O–H groups in total. The number of carbonyl (C=O) groups is 1. The lowest BCUT2D eigenvalue weighted by molar-refractivity contribution is 0.0842. The smallest absolute Gasteiger partial charge is 0.197 e. The maximum Gasteiger partial charge on any atom is 0.197 e. The van der Waals surface area contributed by atoms with Crippen molar-refractivity contribution < 1.29 is 49.7 Å². The minimum atomic E-state index is -0.912. The third kappa shape index (κ3) is 3.98. The highest BCUT2D eigenvalue weighted by molar-refractivity contribution is 6.07. The summed E-state index contributed by atoms with van der Waals surface area (Å²) >= 11 is 0. The summed E-state index contributed by atoms with van der Waals surface area (Å²) in [5, 5.41) is 73.9. The highest BCUT2D eigenvalue weighted by Gasteiger charge is 2.35. The van der Waals surface area contributed by atoms with Gasteiger partial charge in [0, 0.05) is 35.4 Å². The topological polar surface area (TPSA) is 198 Å². The molecule has 11 nitrogen and oxygen atoms in total. The number of fused-ring (bicyclic) bond motifs is 2. The molecule has 6 rings (SSSR count). The summed E-state index contributed by atoms with van der Waals surface area (Å²) in [6, 6.07) is 12.4. The van der Waals surface area contributed by atoms with E-state index in [1.807, 2.05) is 0 Å². The minimum Gasteiger partial charge on any atom is -0.508 e. The number of ketones is 1. The first kappa shape index (κ1) is 25.4. The van der Waals surface area contributed by atoms with Crippen molar-refractivity contribution in [1.29, 1.82) is 0 Å². The second kappa shape index (κ2) is 9.12. The molecule has 1 aromatic heterocycles. The quantitative estimate of drug-likeness (QED) is 0.151. The van der Waals surface area contributed by atoms with E-state index in [0.717, 1.165) is 36.4 Å². The molecule has 0 saturated heterocycles. The molecule has 41 heavy (non-hydrogen) atoms. The number of Topliss-reactive ketones (excluding diaryl/α,β-unsaturated/α-hetero) is 1. The van der Waals surface area contributed by atoms with Gasteiger partial charge in [-0.1, -0.05) is 18.2 Å². The molecule has 1 atom stereocenters. The Labute approximate surface area is 229 Å². The Kier molecular flexibility index (Phi) is 5.66. The van der Waals surface area contributed by atoms with Gasteiger partial charge in [-0.2, -0.15) is 0 Å². The van der Waals surface area contributed by atoms with Crippen LogP contribution in [0.5, 0.6) is 46.0 Å². The van der Waals surface area contributed by atoms with Crippen molar-refractivity contribution in [2.75, 3.05) is 0 Å². The summed E-state index contributed by atoms with van der Waals surface area (Å²) in [5.41, 5.74) is -2.19. The highest BCUT2D eigenvalue weighted by Crippen LogP contribution is 2.54. The molecule has 1 aliphatic heterocycles. The van der Waals surface area contributed by atoms with Gasteiger partial charge in [0.2, 0.25) is 0 Å². The van der Waals surface area contributed by atoms with Crippen LogP contribution >= 0.6 is 0 Å². The van der Waals surface area contributed by atoms with E-state index in [9.17, 15) is 45.3 Å². The molecular weight excluding hydrogens is 536 g/mol. The van der Waals surface area contributed by atoms with Crippen LogP contribution in [0.2, 0.25) is 0 Å². The van der Waals surface area contributed by atoms with Gasteiger partial charge in [-0.05, 0) is 18.2 Å². The molecule has 1 unspecified atom stereocenters. The fraction of sp³-hybridized carbons (Fsp3) is 0.0667. The second-order valence-corrected chi connectivity index (χ2v) is 9.45. The van der Waals surface area contributed by atoms with Crippen LogP contribution in [0.3, 0.4) is 0 Å². The van der Waals surface area contributed by atoms with E-state index in [2.05, 4.69) is 0 Å². The Morgan fingerprint density at radius 2 is 1.37 bits per heavy atom. The number of ether oxygens (including phenoxy) is 1. The van der Waals surface area contributed by atoms with Crippen LogP contribution in [0.1, 0.15) is 28.4 Å². The van der Waals surface area contributed by atoms with Gasteiger partial charge in [-0.25, -0.2) is 0 Å². The molecule has 0 fully saturated rings. The zero-order valence-corrected chi connectivity index (χ0v) is 20.8. The third-order valence-electron chi connectivity index (χ3n) is 6.90. The van der Waals surface area contributed by atoms with Crippen LogP contribution in [0, 0.1) is 0 Å². The van der Waals surface area contributed by atoms with Crippen molar-refractivity contribution in [3.05, 3.63) is 82.0 Å². The predicted octanol–water partition coefficient (Wildman–Crippen LogP) is 4.77. The number of phenols is 7. The fourth-order valence-corrected chi connectivity index (χ4v) is 5.10. The molecular formula is C30H20O11. The summed E-state index contributed by atoms with van der Waals surface area (Å²) in [6.07, 6.45) is -1.18. The maximum atomic E-state index is 13.2. The molecule has 0 radical (unpaired) electrons. The van der Waals surface area contributed by atoms with Gasteiger partial charge in [0.15, 0.2) is 11.2 Å². The van der Waals surface area contributed by atoms with Crippen LogP contribution in [-0.2, 0) is 0 Å². The maximum absolute atomic E-state index is 13.2. The molecule has 2 heterocycles. The zero-order chi connectivity index (χ0) is 29.2. The average Bonchev–Trinajstić information content (AvgIpc) is 2.89. The lowest BCUT2D eigenvalue weighted by Gasteiger charge is -2.28. The first-order chi connectivity index (χ1) is 19.5. The lowest BCUT2D eigenvalue weighted by atomic mass is 9.89. The van der Waals surface area contributed by atoms with Gasteiger partial charge in [-0.15, -0.1) is 0 Å². The van der Waals surface area contributed by atoms with Crippen molar-refractivity contribution in [1.82, 2.24) is 0 Å². The van der Waals surface area contributed by atoms with Gasteiger partial charge in [0.05, 0.1) is 17.5 Å². The average molecular weight is 556 g/mol. The molecule has 1 aliphatic rings. The SMILES string of the molecule is O=C1CC(c2ccccc2O)Oc2cc(O)c(-c3c(O)ccc(O)c3-c3cc(=O)c4c(O)cc(O)cc4o3)c(O)c21. The van der Waals surface area contributed by atoms with Crippen molar-refractivity contribution in [3.63, 3.8) is 0 Å². The molecule has 0 amide bonds. The first-order valence-corrected chi connectivity index (χ1v) is 12.2.